The number of benzene rings is 1. The molecule has 4 rings (SSSR count). The highest BCUT2D eigenvalue weighted by Gasteiger charge is 2.22. The van der Waals surface area contributed by atoms with Gasteiger partial charge < -0.3 is 0 Å². The Morgan fingerprint density at radius 2 is 1.65 bits per heavy atom. The molecule has 1 saturated carbocycles. The maximum absolute atomic E-state index is 5.06. The van der Waals surface area contributed by atoms with Crippen molar-refractivity contribution in [2.24, 2.45) is 0 Å². The molecule has 1 fully saturated rings. The molecule has 2 nitrogen and oxygen atoms in total. The zero-order chi connectivity index (χ0) is 15.5. The summed E-state index contributed by atoms with van der Waals surface area (Å²) in [5, 5.41) is 1.31. The molecule has 1 aromatic carbocycles. The molecular formula is C20H20N2S. The van der Waals surface area contributed by atoms with Crippen LogP contribution in [0.4, 0.5) is 0 Å². The van der Waals surface area contributed by atoms with Crippen LogP contribution in [-0.4, -0.2) is 9.97 Å². The number of pyridine rings is 1. The predicted molar refractivity (Wildman–Crippen MR) is 96.6 cm³/mol. The van der Waals surface area contributed by atoms with Gasteiger partial charge in [-0.2, -0.15) is 0 Å². The molecule has 0 amide bonds. The van der Waals surface area contributed by atoms with E-state index < -0.39 is 0 Å². The van der Waals surface area contributed by atoms with Crippen molar-refractivity contribution in [1.82, 2.24) is 9.97 Å². The summed E-state index contributed by atoms with van der Waals surface area (Å²) >= 11 is 1.88. The molecule has 0 N–H and O–H groups in total. The Balaban J connectivity index is 1.81. The van der Waals surface area contributed by atoms with Crippen LogP contribution in [0, 0.1) is 0 Å². The van der Waals surface area contributed by atoms with Crippen LogP contribution < -0.4 is 0 Å². The standard InChI is InChI=1S/C20H20N2S/c1-3-8-15(9-4-1)19-18(17-12-7-13-21-14-17)22-20(23-19)16-10-5-2-6-11-16/h1,3-4,7-9,12-14,16H,2,5-6,10-11H2. The van der Waals surface area contributed by atoms with Crippen LogP contribution in [0.2, 0.25) is 0 Å². The summed E-state index contributed by atoms with van der Waals surface area (Å²) in [5.74, 6) is 0.640. The molecule has 0 bridgehead atoms. The fourth-order valence-corrected chi connectivity index (χ4v) is 4.61. The molecular weight excluding hydrogens is 300 g/mol. The molecule has 0 radical (unpaired) electrons. The van der Waals surface area contributed by atoms with Crippen molar-refractivity contribution < 1.29 is 0 Å². The SMILES string of the molecule is c1ccc(-c2sc(C3CCCCC3)nc2-c2cccnc2)cc1. The molecule has 2 aromatic heterocycles. The highest BCUT2D eigenvalue weighted by Crippen LogP contribution is 2.42. The van der Waals surface area contributed by atoms with Gasteiger partial charge in [0.1, 0.15) is 0 Å². The third-order valence-corrected chi connectivity index (χ3v) is 5.84. The number of hydrogen-bond acceptors (Lipinski definition) is 3. The fourth-order valence-electron chi connectivity index (χ4n) is 3.34. The second-order valence-corrected chi connectivity index (χ2v) is 7.20. The topological polar surface area (TPSA) is 25.8 Å². The predicted octanol–water partition coefficient (Wildman–Crippen LogP) is 5.92. The van der Waals surface area contributed by atoms with E-state index in [1.54, 1.807) is 0 Å². The maximum atomic E-state index is 5.06. The summed E-state index contributed by atoms with van der Waals surface area (Å²) in [6.07, 6.45) is 10.4. The van der Waals surface area contributed by atoms with Crippen molar-refractivity contribution in [2.45, 2.75) is 38.0 Å². The van der Waals surface area contributed by atoms with Gasteiger partial charge in [-0.3, -0.25) is 4.98 Å². The smallest absolute Gasteiger partial charge is 0.0970 e. The Bertz CT molecular complexity index is 702. The first-order valence-corrected chi connectivity index (χ1v) is 9.20. The zero-order valence-corrected chi connectivity index (χ0v) is 13.9. The van der Waals surface area contributed by atoms with E-state index in [0.717, 1.165) is 11.3 Å². The number of rotatable bonds is 3. The molecule has 0 atom stereocenters. The zero-order valence-electron chi connectivity index (χ0n) is 13.1. The van der Waals surface area contributed by atoms with Gasteiger partial charge in [0.05, 0.1) is 15.6 Å². The minimum Gasteiger partial charge on any atom is -0.264 e. The summed E-state index contributed by atoms with van der Waals surface area (Å²) < 4.78 is 0. The lowest BCUT2D eigenvalue weighted by Gasteiger charge is -2.18. The summed E-state index contributed by atoms with van der Waals surface area (Å²) in [6, 6.07) is 14.7. The number of thiazole rings is 1. The number of hydrogen-bond donors (Lipinski definition) is 0. The van der Waals surface area contributed by atoms with Crippen LogP contribution >= 0.6 is 11.3 Å². The van der Waals surface area contributed by atoms with Crippen molar-refractivity contribution in [2.75, 3.05) is 0 Å². The highest BCUT2D eigenvalue weighted by molar-refractivity contribution is 7.15. The van der Waals surface area contributed by atoms with E-state index in [1.807, 2.05) is 29.8 Å². The van der Waals surface area contributed by atoms with Crippen molar-refractivity contribution in [3.05, 3.63) is 59.9 Å². The first-order valence-electron chi connectivity index (χ1n) is 8.38. The van der Waals surface area contributed by atoms with Crippen molar-refractivity contribution >= 4 is 11.3 Å². The van der Waals surface area contributed by atoms with Crippen LogP contribution in [0.15, 0.2) is 54.9 Å². The highest BCUT2D eigenvalue weighted by atomic mass is 32.1. The molecule has 0 saturated heterocycles. The summed E-state index contributed by atoms with van der Waals surface area (Å²) in [7, 11) is 0. The van der Waals surface area contributed by atoms with Crippen molar-refractivity contribution in [3.8, 4) is 21.7 Å². The van der Waals surface area contributed by atoms with Gasteiger partial charge in [-0.1, -0.05) is 49.6 Å². The third-order valence-electron chi connectivity index (χ3n) is 4.57. The Labute approximate surface area is 141 Å². The average molecular weight is 320 g/mol. The third kappa shape index (κ3) is 3.06. The lowest BCUT2D eigenvalue weighted by atomic mass is 9.90. The summed E-state index contributed by atoms with van der Waals surface area (Å²) in [5.41, 5.74) is 3.46. The van der Waals surface area contributed by atoms with Gasteiger partial charge >= 0.3 is 0 Å². The van der Waals surface area contributed by atoms with Gasteiger partial charge in [-0.05, 0) is 30.5 Å². The Morgan fingerprint density at radius 3 is 2.39 bits per heavy atom. The lowest BCUT2D eigenvalue weighted by Crippen LogP contribution is -2.03. The van der Waals surface area contributed by atoms with Gasteiger partial charge in [0.15, 0.2) is 0 Å². The molecule has 3 aromatic rings. The second-order valence-electron chi connectivity index (χ2n) is 6.17. The number of nitrogens with zero attached hydrogens (tertiary/aromatic N) is 2. The maximum Gasteiger partial charge on any atom is 0.0970 e. The second kappa shape index (κ2) is 6.63. The molecule has 2 heterocycles. The molecule has 23 heavy (non-hydrogen) atoms. The molecule has 3 heteroatoms. The van der Waals surface area contributed by atoms with E-state index in [4.69, 9.17) is 4.98 Å². The lowest BCUT2D eigenvalue weighted by molar-refractivity contribution is 0.442. The monoisotopic (exact) mass is 320 g/mol. The Kier molecular flexibility index (Phi) is 4.20. The Hall–Kier alpha value is -2.00. The number of aromatic nitrogens is 2. The van der Waals surface area contributed by atoms with E-state index in [1.165, 1.54) is 47.6 Å². The minimum atomic E-state index is 0.640. The average Bonchev–Trinajstić information content (AvgIpc) is 3.09. The molecule has 0 aliphatic heterocycles. The van der Waals surface area contributed by atoms with E-state index in [-0.39, 0.29) is 0 Å². The van der Waals surface area contributed by atoms with Crippen molar-refractivity contribution in [1.29, 1.82) is 0 Å². The molecule has 1 aliphatic rings. The summed E-state index contributed by atoms with van der Waals surface area (Å²) in [6.45, 7) is 0. The van der Waals surface area contributed by atoms with Crippen LogP contribution in [0.3, 0.4) is 0 Å². The first-order chi connectivity index (χ1) is 11.4. The van der Waals surface area contributed by atoms with Crippen LogP contribution in [-0.2, 0) is 0 Å². The van der Waals surface area contributed by atoms with E-state index in [0.29, 0.717) is 5.92 Å². The fraction of sp³-hybridized carbons (Fsp3) is 0.300. The molecule has 116 valence electrons. The largest absolute Gasteiger partial charge is 0.264 e. The molecule has 1 aliphatic carbocycles. The van der Waals surface area contributed by atoms with Gasteiger partial charge in [0.2, 0.25) is 0 Å². The van der Waals surface area contributed by atoms with Gasteiger partial charge in [-0.25, -0.2) is 4.98 Å². The van der Waals surface area contributed by atoms with E-state index >= 15 is 0 Å². The van der Waals surface area contributed by atoms with Crippen LogP contribution in [0.1, 0.15) is 43.0 Å². The van der Waals surface area contributed by atoms with E-state index in [2.05, 4.69) is 41.4 Å². The van der Waals surface area contributed by atoms with Gasteiger partial charge in [0.25, 0.3) is 0 Å². The minimum absolute atomic E-state index is 0.640. The van der Waals surface area contributed by atoms with E-state index in [9.17, 15) is 0 Å². The molecule has 0 spiro atoms. The van der Waals surface area contributed by atoms with Gasteiger partial charge in [-0.15, -0.1) is 11.3 Å². The van der Waals surface area contributed by atoms with Gasteiger partial charge in [0, 0.05) is 23.9 Å². The van der Waals surface area contributed by atoms with Crippen LogP contribution in [0.5, 0.6) is 0 Å². The van der Waals surface area contributed by atoms with Crippen molar-refractivity contribution in [3.63, 3.8) is 0 Å². The summed E-state index contributed by atoms with van der Waals surface area (Å²) in [4.78, 5) is 10.6. The molecule has 0 unspecified atom stereocenters. The Morgan fingerprint density at radius 1 is 0.870 bits per heavy atom. The first kappa shape index (κ1) is 14.6. The van der Waals surface area contributed by atoms with Crippen LogP contribution in [0.25, 0.3) is 21.7 Å². The normalized spacial score (nSPS) is 15.7. The quantitative estimate of drug-likeness (QED) is 0.598.